The van der Waals surface area contributed by atoms with Crippen LogP contribution in [0, 0.1) is 5.82 Å². The zero-order valence-electron chi connectivity index (χ0n) is 10.4. The van der Waals surface area contributed by atoms with Gasteiger partial charge < -0.3 is 15.5 Å². The van der Waals surface area contributed by atoms with Gasteiger partial charge in [0.15, 0.2) is 0 Å². The lowest BCUT2D eigenvalue weighted by Gasteiger charge is -2.08. The largest absolute Gasteiger partial charge is 0.507 e. The number of aromatic carboxylic acids is 1. The Morgan fingerprint density at radius 3 is 2.48 bits per heavy atom. The van der Waals surface area contributed by atoms with Crippen LogP contribution in [0.3, 0.4) is 0 Å². The monoisotopic (exact) mass is 309 g/mol. The third-order valence-corrected chi connectivity index (χ3v) is 2.90. The lowest BCUT2D eigenvalue weighted by molar-refractivity contribution is 0.0696. The second-order valence-electron chi connectivity index (χ2n) is 4.12. The van der Waals surface area contributed by atoms with E-state index in [1.807, 2.05) is 0 Å². The molecule has 0 radical (unpaired) electrons. The molecule has 0 heterocycles. The molecule has 0 saturated heterocycles. The van der Waals surface area contributed by atoms with Crippen LogP contribution in [0.15, 0.2) is 36.4 Å². The molecule has 21 heavy (non-hydrogen) atoms. The molecule has 0 bridgehead atoms. The van der Waals surface area contributed by atoms with Crippen molar-refractivity contribution in [2.45, 2.75) is 0 Å². The molecule has 0 aliphatic carbocycles. The number of anilines is 1. The highest BCUT2D eigenvalue weighted by molar-refractivity contribution is 6.31. The summed E-state index contributed by atoms with van der Waals surface area (Å²) in [5.41, 5.74) is -0.565. The van der Waals surface area contributed by atoms with E-state index in [1.54, 1.807) is 0 Å². The second kappa shape index (κ2) is 5.80. The zero-order chi connectivity index (χ0) is 15.6. The molecular formula is C14H9ClFNO4. The van der Waals surface area contributed by atoms with Crippen LogP contribution >= 0.6 is 11.6 Å². The van der Waals surface area contributed by atoms with Crippen LogP contribution in [-0.4, -0.2) is 22.1 Å². The van der Waals surface area contributed by atoms with Crippen molar-refractivity contribution < 1.29 is 24.2 Å². The van der Waals surface area contributed by atoms with Crippen LogP contribution in [0.25, 0.3) is 0 Å². The summed E-state index contributed by atoms with van der Waals surface area (Å²) in [6.45, 7) is 0. The Labute approximate surface area is 123 Å². The number of nitrogens with one attached hydrogen (secondary N) is 1. The maximum Gasteiger partial charge on any atom is 0.335 e. The Balaban J connectivity index is 2.27. The summed E-state index contributed by atoms with van der Waals surface area (Å²) in [5.74, 6) is -3.25. The number of hydrogen-bond donors (Lipinski definition) is 3. The normalized spacial score (nSPS) is 10.2. The molecule has 0 unspecified atom stereocenters. The van der Waals surface area contributed by atoms with Gasteiger partial charge >= 0.3 is 5.97 Å². The van der Waals surface area contributed by atoms with E-state index in [2.05, 4.69) is 5.32 Å². The van der Waals surface area contributed by atoms with Crippen molar-refractivity contribution in [3.8, 4) is 5.75 Å². The SMILES string of the molecule is O=C(O)c1ccc(NC(=O)c2cc(Cl)ccc2O)c(F)c1. The third kappa shape index (κ3) is 3.29. The van der Waals surface area contributed by atoms with Crippen molar-refractivity contribution in [1.82, 2.24) is 0 Å². The van der Waals surface area contributed by atoms with Crippen LogP contribution in [-0.2, 0) is 0 Å². The van der Waals surface area contributed by atoms with Gasteiger partial charge in [0.1, 0.15) is 11.6 Å². The van der Waals surface area contributed by atoms with Crippen molar-refractivity contribution in [1.29, 1.82) is 0 Å². The van der Waals surface area contributed by atoms with Gasteiger partial charge in [0.2, 0.25) is 0 Å². The van der Waals surface area contributed by atoms with Crippen LogP contribution in [0.4, 0.5) is 10.1 Å². The van der Waals surface area contributed by atoms with Gasteiger partial charge in [0, 0.05) is 5.02 Å². The van der Waals surface area contributed by atoms with E-state index in [-0.39, 0.29) is 27.6 Å². The van der Waals surface area contributed by atoms with Gasteiger partial charge in [-0.25, -0.2) is 9.18 Å². The smallest absolute Gasteiger partial charge is 0.335 e. The standard InChI is InChI=1S/C14H9ClFNO4/c15-8-2-4-12(18)9(6-8)13(19)17-11-3-1-7(14(20)21)5-10(11)16/h1-6,18H,(H,17,19)(H,20,21). The summed E-state index contributed by atoms with van der Waals surface area (Å²) in [7, 11) is 0. The number of benzene rings is 2. The Bertz CT molecular complexity index is 733. The second-order valence-corrected chi connectivity index (χ2v) is 4.55. The first-order valence-corrected chi connectivity index (χ1v) is 6.09. The van der Waals surface area contributed by atoms with Crippen LogP contribution in [0.2, 0.25) is 5.02 Å². The van der Waals surface area contributed by atoms with Crippen molar-refractivity contribution >= 4 is 29.2 Å². The number of carboxylic acids is 1. The fourth-order valence-electron chi connectivity index (χ4n) is 1.63. The minimum absolute atomic E-state index is 0.121. The van der Waals surface area contributed by atoms with E-state index < -0.39 is 17.7 Å². The minimum atomic E-state index is -1.28. The molecule has 2 rings (SSSR count). The van der Waals surface area contributed by atoms with Crippen LogP contribution < -0.4 is 5.32 Å². The number of hydrogen-bond acceptors (Lipinski definition) is 3. The molecule has 0 spiro atoms. The quantitative estimate of drug-likeness (QED) is 0.813. The van der Waals surface area contributed by atoms with E-state index in [0.717, 1.165) is 18.2 Å². The summed E-state index contributed by atoms with van der Waals surface area (Å²) in [6.07, 6.45) is 0. The number of carbonyl (C=O) groups is 2. The summed E-state index contributed by atoms with van der Waals surface area (Å²) in [6, 6.07) is 6.93. The maximum atomic E-state index is 13.7. The molecule has 7 heteroatoms. The van der Waals surface area contributed by atoms with E-state index in [4.69, 9.17) is 16.7 Å². The first-order chi connectivity index (χ1) is 9.88. The number of halogens is 2. The number of phenols is 1. The number of carboxylic acid groups (broad SMARTS) is 1. The van der Waals surface area contributed by atoms with Gasteiger partial charge in [-0.2, -0.15) is 0 Å². The van der Waals surface area contributed by atoms with Crippen molar-refractivity contribution in [3.05, 3.63) is 58.4 Å². The van der Waals surface area contributed by atoms with Gasteiger partial charge in [0.05, 0.1) is 16.8 Å². The van der Waals surface area contributed by atoms with Gasteiger partial charge in [-0.15, -0.1) is 0 Å². The molecule has 108 valence electrons. The molecule has 1 amide bonds. The van der Waals surface area contributed by atoms with E-state index >= 15 is 0 Å². The van der Waals surface area contributed by atoms with Crippen molar-refractivity contribution in [2.75, 3.05) is 5.32 Å². The van der Waals surface area contributed by atoms with Gasteiger partial charge in [-0.05, 0) is 36.4 Å². The fraction of sp³-hybridized carbons (Fsp3) is 0. The third-order valence-electron chi connectivity index (χ3n) is 2.67. The zero-order valence-corrected chi connectivity index (χ0v) is 11.2. The fourth-order valence-corrected chi connectivity index (χ4v) is 1.80. The molecule has 3 N–H and O–H groups in total. The Hall–Kier alpha value is -2.60. The van der Waals surface area contributed by atoms with Gasteiger partial charge in [-0.3, -0.25) is 4.79 Å². The molecular weight excluding hydrogens is 301 g/mol. The summed E-state index contributed by atoms with van der Waals surface area (Å²) >= 11 is 5.72. The number of phenolic OH excluding ortho intramolecular Hbond substituents is 1. The maximum absolute atomic E-state index is 13.7. The number of aromatic hydroxyl groups is 1. The molecule has 0 aliphatic heterocycles. The summed E-state index contributed by atoms with van der Waals surface area (Å²) < 4.78 is 13.7. The molecule has 5 nitrogen and oxygen atoms in total. The Morgan fingerprint density at radius 1 is 1.14 bits per heavy atom. The summed E-state index contributed by atoms with van der Waals surface area (Å²) in [4.78, 5) is 22.6. The minimum Gasteiger partial charge on any atom is -0.507 e. The van der Waals surface area contributed by atoms with E-state index in [9.17, 15) is 19.1 Å². The topological polar surface area (TPSA) is 86.6 Å². The molecule has 0 aromatic heterocycles. The molecule has 2 aromatic carbocycles. The summed E-state index contributed by atoms with van der Waals surface area (Å²) in [5, 5.41) is 20.8. The highest BCUT2D eigenvalue weighted by Crippen LogP contribution is 2.23. The average molecular weight is 310 g/mol. The Kier molecular flexibility index (Phi) is 4.09. The van der Waals surface area contributed by atoms with E-state index in [0.29, 0.717) is 0 Å². The number of rotatable bonds is 3. The predicted molar refractivity (Wildman–Crippen MR) is 74.4 cm³/mol. The predicted octanol–water partition coefficient (Wildman–Crippen LogP) is 3.14. The molecule has 0 atom stereocenters. The number of amides is 1. The Morgan fingerprint density at radius 2 is 1.86 bits per heavy atom. The van der Waals surface area contributed by atoms with Crippen LogP contribution in [0.5, 0.6) is 5.75 Å². The van der Waals surface area contributed by atoms with Crippen molar-refractivity contribution in [2.24, 2.45) is 0 Å². The number of carbonyl (C=O) groups excluding carboxylic acids is 1. The van der Waals surface area contributed by atoms with Gasteiger partial charge in [0.25, 0.3) is 5.91 Å². The molecule has 2 aromatic rings. The van der Waals surface area contributed by atoms with Crippen LogP contribution in [0.1, 0.15) is 20.7 Å². The highest BCUT2D eigenvalue weighted by Gasteiger charge is 2.15. The van der Waals surface area contributed by atoms with Crippen molar-refractivity contribution in [3.63, 3.8) is 0 Å². The lowest BCUT2D eigenvalue weighted by atomic mass is 10.1. The van der Waals surface area contributed by atoms with E-state index in [1.165, 1.54) is 18.2 Å². The molecule has 0 saturated carbocycles. The first-order valence-electron chi connectivity index (χ1n) is 5.71. The lowest BCUT2D eigenvalue weighted by Crippen LogP contribution is -2.13. The first kappa shape index (κ1) is 14.8. The highest BCUT2D eigenvalue weighted by atomic mass is 35.5. The molecule has 0 fully saturated rings. The molecule has 0 aliphatic rings. The average Bonchev–Trinajstić information content (AvgIpc) is 2.43. The van der Waals surface area contributed by atoms with Gasteiger partial charge in [-0.1, -0.05) is 11.6 Å².